The van der Waals surface area contributed by atoms with E-state index in [2.05, 4.69) is 41.3 Å². The van der Waals surface area contributed by atoms with Crippen LogP contribution in [0.25, 0.3) is 0 Å². The van der Waals surface area contributed by atoms with E-state index in [0.29, 0.717) is 6.61 Å². The highest BCUT2D eigenvalue weighted by Crippen LogP contribution is 2.31. The summed E-state index contributed by atoms with van der Waals surface area (Å²) < 4.78 is 5.48. The van der Waals surface area contributed by atoms with Crippen LogP contribution in [0.5, 0.6) is 5.75 Å². The van der Waals surface area contributed by atoms with Crippen LogP contribution in [-0.2, 0) is 6.42 Å². The third kappa shape index (κ3) is 3.38. The number of aryl methyl sites for hydroxylation is 1. The van der Waals surface area contributed by atoms with Gasteiger partial charge in [-0.25, -0.2) is 0 Å². The van der Waals surface area contributed by atoms with Gasteiger partial charge >= 0.3 is 0 Å². The summed E-state index contributed by atoms with van der Waals surface area (Å²) in [5, 5.41) is -0.0122. The van der Waals surface area contributed by atoms with E-state index in [4.69, 9.17) is 16.3 Å². The van der Waals surface area contributed by atoms with Crippen molar-refractivity contribution < 1.29 is 4.74 Å². The van der Waals surface area contributed by atoms with Gasteiger partial charge in [-0.2, -0.15) is 0 Å². The molecular formula is C19H22ClNO. The number of fused-ring (bicyclic) bond motifs is 1. The lowest BCUT2D eigenvalue weighted by Gasteiger charge is -2.32. The van der Waals surface area contributed by atoms with Gasteiger partial charge in [0.05, 0.1) is 12.0 Å². The van der Waals surface area contributed by atoms with E-state index in [1.165, 1.54) is 24.1 Å². The number of para-hydroxylation sites is 1. The average Bonchev–Trinajstić information content (AvgIpc) is 2.56. The predicted molar refractivity (Wildman–Crippen MR) is 93.2 cm³/mol. The molecule has 1 aliphatic rings. The van der Waals surface area contributed by atoms with Gasteiger partial charge in [0.1, 0.15) is 5.75 Å². The number of ether oxygens (including phenoxy) is 1. The first kappa shape index (κ1) is 15.2. The lowest BCUT2D eigenvalue weighted by molar-refractivity contribution is 0.340. The summed E-state index contributed by atoms with van der Waals surface area (Å²) in [6.45, 7) is 4.60. The van der Waals surface area contributed by atoms with Crippen LogP contribution in [0.4, 0.5) is 5.69 Å². The van der Waals surface area contributed by atoms with Crippen molar-refractivity contribution in [2.45, 2.75) is 25.1 Å². The van der Waals surface area contributed by atoms with Gasteiger partial charge in [-0.05, 0) is 49.1 Å². The fourth-order valence-electron chi connectivity index (χ4n) is 3.04. The van der Waals surface area contributed by atoms with Gasteiger partial charge in [0.25, 0.3) is 0 Å². The zero-order chi connectivity index (χ0) is 15.4. The van der Waals surface area contributed by atoms with Crippen molar-refractivity contribution in [3.05, 3.63) is 59.7 Å². The second kappa shape index (κ2) is 7.06. The Bertz CT molecular complexity index is 611. The lowest BCUT2D eigenvalue weighted by atomic mass is 10.0. The van der Waals surface area contributed by atoms with E-state index >= 15 is 0 Å². The molecule has 0 aromatic heterocycles. The molecule has 0 saturated heterocycles. The molecule has 0 bridgehead atoms. The molecule has 0 N–H and O–H groups in total. The minimum atomic E-state index is -0.0122. The molecule has 116 valence electrons. The number of hydrogen-bond donors (Lipinski definition) is 0. The van der Waals surface area contributed by atoms with Crippen LogP contribution in [0.3, 0.4) is 0 Å². The van der Waals surface area contributed by atoms with E-state index in [-0.39, 0.29) is 5.38 Å². The molecule has 1 heterocycles. The minimum Gasteiger partial charge on any atom is -0.494 e. The van der Waals surface area contributed by atoms with E-state index in [1.54, 1.807) is 0 Å². The smallest absolute Gasteiger partial charge is 0.119 e. The number of anilines is 1. The van der Waals surface area contributed by atoms with Gasteiger partial charge in [-0.3, -0.25) is 0 Å². The number of nitrogens with zero attached hydrogens (tertiary/aromatic N) is 1. The highest BCUT2D eigenvalue weighted by Gasteiger charge is 2.19. The molecule has 1 aliphatic heterocycles. The third-order valence-electron chi connectivity index (χ3n) is 4.14. The Labute approximate surface area is 137 Å². The van der Waals surface area contributed by atoms with E-state index in [9.17, 15) is 0 Å². The fourth-order valence-corrected chi connectivity index (χ4v) is 3.35. The molecule has 2 nitrogen and oxygen atoms in total. The molecule has 3 rings (SSSR count). The van der Waals surface area contributed by atoms with Gasteiger partial charge in [0, 0.05) is 18.8 Å². The number of rotatable bonds is 5. The van der Waals surface area contributed by atoms with E-state index in [1.807, 2.05) is 19.1 Å². The molecule has 0 radical (unpaired) electrons. The summed E-state index contributed by atoms with van der Waals surface area (Å²) in [7, 11) is 0. The predicted octanol–water partition coefficient (Wildman–Crippen LogP) is 4.82. The summed E-state index contributed by atoms with van der Waals surface area (Å²) in [6, 6.07) is 16.8. The largest absolute Gasteiger partial charge is 0.494 e. The number of halogens is 1. The molecule has 0 aliphatic carbocycles. The molecule has 1 unspecified atom stereocenters. The van der Waals surface area contributed by atoms with Crippen molar-refractivity contribution in [3.8, 4) is 5.75 Å². The first-order valence-electron chi connectivity index (χ1n) is 7.97. The van der Waals surface area contributed by atoms with Gasteiger partial charge in [-0.15, -0.1) is 11.6 Å². The minimum absolute atomic E-state index is 0.0122. The Hall–Kier alpha value is -1.67. The molecular weight excluding hydrogens is 294 g/mol. The lowest BCUT2D eigenvalue weighted by Crippen LogP contribution is -2.32. The van der Waals surface area contributed by atoms with Crippen molar-refractivity contribution >= 4 is 17.3 Å². The number of hydrogen-bond acceptors (Lipinski definition) is 2. The van der Waals surface area contributed by atoms with Crippen LogP contribution in [-0.4, -0.2) is 19.7 Å². The van der Waals surface area contributed by atoms with Crippen molar-refractivity contribution in [2.24, 2.45) is 0 Å². The van der Waals surface area contributed by atoms with Crippen LogP contribution >= 0.6 is 11.6 Å². The van der Waals surface area contributed by atoms with Crippen molar-refractivity contribution in [1.82, 2.24) is 0 Å². The van der Waals surface area contributed by atoms with Crippen LogP contribution in [0.15, 0.2) is 48.5 Å². The second-order valence-corrected chi connectivity index (χ2v) is 6.17. The Morgan fingerprint density at radius 2 is 1.91 bits per heavy atom. The van der Waals surface area contributed by atoms with Crippen LogP contribution in [0.2, 0.25) is 0 Å². The molecule has 22 heavy (non-hydrogen) atoms. The number of alkyl halides is 1. The molecule has 0 fully saturated rings. The molecule has 0 saturated carbocycles. The summed E-state index contributed by atoms with van der Waals surface area (Å²) in [5.41, 5.74) is 3.92. The van der Waals surface area contributed by atoms with Gasteiger partial charge in [0.2, 0.25) is 0 Å². The Balaban J connectivity index is 1.70. The summed E-state index contributed by atoms with van der Waals surface area (Å²) in [4.78, 5) is 2.41. The Kier molecular flexibility index (Phi) is 4.89. The van der Waals surface area contributed by atoms with E-state index in [0.717, 1.165) is 24.4 Å². The third-order valence-corrected chi connectivity index (χ3v) is 4.53. The highest BCUT2D eigenvalue weighted by atomic mass is 35.5. The molecule has 2 aromatic carbocycles. The SMILES string of the molecule is CCOc1ccc(C(Cl)CN2CCCc3ccccc32)cc1. The number of benzene rings is 2. The maximum Gasteiger partial charge on any atom is 0.119 e. The van der Waals surface area contributed by atoms with Gasteiger partial charge in [-0.1, -0.05) is 30.3 Å². The highest BCUT2D eigenvalue weighted by molar-refractivity contribution is 6.21. The monoisotopic (exact) mass is 315 g/mol. The van der Waals surface area contributed by atoms with E-state index < -0.39 is 0 Å². The molecule has 2 aromatic rings. The molecule has 0 amide bonds. The van der Waals surface area contributed by atoms with Gasteiger partial charge < -0.3 is 9.64 Å². The zero-order valence-electron chi connectivity index (χ0n) is 13.0. The maximum atomic E-state index is 6.65. The van der Waals surface area contributed by atoms with Gasteiger partial charge in [0.15, 0.2) is 0 Å². The van der Waals surface area contributed by atoms with Crippen molar-refractivity contribution in [1.29, 1.82) is 0 Å². The zero-order valence-corrected chi connectivity index (χ0v) is 13.7. The van der Waals surface area contributed by atoms with Crippen molar-refractivity contribution in [2.75, 3.05) is 24.6 Å². The standard InChI is InChI=1S/C19H22ClNO/c1-2-22-17-11-9-15(10-12-17)18(20)14-21-13-5-7-16-6-3-4-8-19(16)21/h3-4,6,8-12,18H,2,5,7,13-14H2,1H3. The Morgan fingerprint density at radius 1 is 1.14 bits per heavy atom. The second-order valence-electron chi connectivity index (χ2n) is 5.65. The average molecular weight is 316 g/mol. The van der Waals surface area contributed by atoms with Crippen LogP contribution < -0.4 is 9.64 Å². The summed E-state index contributed by atoms with van der Waals surface area (Å²) >= 11 is 6.65. The molecule has 3 heteroatoms. The first-order valence-corrected chi connectivity index (χ1v) is 8.41. The molecule has 1 atom stereocenters. The summed E-state index contributed by atoms with van der Waals surface area (Å²) in [6.07, 6.45) is 2.37. The fraction of sp³-hybridized carbons (Fsp3) is 0.368. The quantitative estimate of drug-likeness (QED) is 0.734. The van der Waals surface area contributed by atoms with Crippen molar-refractivity contribution in [3.63, 3.8) is 0 Å². The topological polar surface area (TPSA) is 12.5 Å². The first-order chi connectivity index (χ1) is 10.8. The Morgan fingerprint density at radius 3 is 2.68 bits per heavy atom. The van der Waals surface area contributed by atoms with Crippen LogP contribution in [0.1, 0.15) is 29.8 Å². The van der Waals surface area contributed by atoms with Crippen LogP contribution in [0, 0.1) is 0 Å². The molecule has 0 spiro atoms. The normalized spacial score (nSPS) is 15.3. The summed E-state index contributed by atoms with van der Waals surface area (Å²) in [5.74, 6) is 0.901. The maximum absolute atomic E-state index is 6.65.